The Bertz CT molecular complexity index is 498. The highest BCUT2D eigenvalue weighted by molar-refractivity contribution is 7.89. The summed E-state index contributed by atoms with van der Waals surface area (Å²) in [5, 5.41) is 8.77. The van der Waals surface area contributed by atoms with Crippen molar-refractivity contribution in [1.29, 1.82) is 0 Å². The fourth-order valence-corrected chi connectivity index (χ4v) is 3.27. The van der Waals surface area contributed by atoms with Gasteiger partial charge in [-0.2, -0.15) is 0 Å². The van der Waals surface area contributed by atoms with Gasteiger partial charge in [0.1, 0.15) is 0 Å². The molecular weight excluding hydrogens is 276 g/mol. The van der Waals surface area contributed by atoms with Gasteiger partial charge in [0.05, 0.1) is 4.90 Å². The maximum atomic E-state index is 12.2. The number of aliphatic hydroxyl groups is 1. The van der Waals surface area contributed by atoms with Crippen molar-refractivity contribution in [2.75, 3.05) is 27.2 Å². The summed E-state index contributed by atoms with van der Waals surface area (Å²) in [5.41, 5.74) is 1.03. The van der Waals surface area contributed by atoms with E-state index in [0.29, 0.717) is 13.0 Å². The predicted molar refractivity (Wildman–Crippen MR) is 80.2 cm³/mol. The number of likely N-dealkylation sites (N-methyl/N-ethyl adjacent to an activating group) is 1. The molecule has 5 nitrogen and oxygen atoms in total. The molecule has 0 aromatic heterocycles. The first kappa shape index (κ1) is 17.1. The highest BCUT2D eigenvalue weighted by Gasteiger charge is 2.17. The second kappa shape index (κ2) is 7.73. The SMILES string of the molecule is CC(CN(C)C)NS(=O)(=O)c1ccc(CCCO)cc1. The molecule has 0 aliphatic carbocycles. The molecule has 0 bridgehead atoms. The zero-order valence-corrected chi connectivity index (χ0v) is 13.2. The third kappa shape index (κ3) is 5.58. The maximum absolute atomic E-state index is 12.2. The number of hydrogen-bond donors (Lipinski definition) is 2. The number of rotatable bonds is 8. The molecule has 0 amide bonds. The van der Waals surface area contributed by atoms with Crippen LogP contribution in [0.25, 0.3) is 0 Å². The smallest absolute Gasteiger partial charge is 0.240 e. The lowest BCUT2D eigenvalue weighted by atomic mass is 10.1. The second-order valence-corrected chi connectivity index (χ2v) is 6.97. The highest BCUT2D eigenvalue weighted by atomic mass is 32.2. The summed E-state index contributed by atoms with van der Waals surface area (Å²) >= 11 is 0. The summed E-state index contributed by atoms with van der Waals surface area (Å²) in [7, 11) is 0.339. The number of aryl methyl sites for hydroxylation is 1. The van der Waals surface area contributed by atoms with E-state index < -0.39 is 10.0 Å². The van der Waals surface area contributed by atoms with Gasteiger partial charge in [0, 0.05) is 19.2 Å². The molecule has 2 N–H and O–H groups in total. The lowest BCUT2D eigenvalue weighted by molar-refractivity contribution is 0.288. The van der Waals surface area contributed by atoms with Gasteiger partial charge < -0.3 is 10.0 Å². The van der Waals surface area contributed by atoms with Crippen LogP contribution < -0.4 is 4.72 Å². The zero-order valence-electron chi connectivity index (χ0n) is 12.3. The van der Waals surface area contributed by atoms with E-state index in [1.807, 2.05) is 25.9 Å². The molecule has 0 heterocycles. The summed E-state index contributed by atoms with van der Waals surface area (Å²) < 4.78 is 27.0. The van der Waals surface area contributed by atoms with E-state index in [0.717, 1.165) is 12.0 Å². The first-order valence-corrected chi connectivity index (χ1v) is 8.20. The molecule has 0 saturated heterocycles. The molecule has 1 aromatic rings. The summed E-state index contributed by atoms with van der Waals surface area (Å²) in [6.07, 6.45) is 1.44. The fourth-order valence-electron chi connectivity index (χ4n) is 2.04. The van der Waals surface area contributed by atoms with Crippen molar-refractivity contribution in [3.63, 3.8) is 0 Å². The van der Waals surface area contributed by atoms with Crippen molar-refractivity contribution in [3.8, 4) is 0 Å². The van der Waals surface area contributed by atoms with Gasteiger partial charge in [-0.05, 0) is 51.6 Å². The molecule has 1 atom stereocenters. The standard InChI is InChI=1S/C14H24N2O3S/c1-12(11-16(2)3)15-20(18,19)14-8-6-13(7-9-14)5-4-10-17/h6-9,12,15,17H,4-5,10-11H2,1-3H3. The number of sulfonamides is 1. The number of hydrogen-bond acceptors (Lipinski definition) is 4. The molecule has 6 heteroatoms. The third-order valence-corrected chi connectivity index (χ3v) is 4.46. The van der Waals surface area contributed by atoms with Crippen LogP contribution in [0.4, 0.5) is 0 Å². The summed E-state index contributed by atoms with van der Waals surface area (Å²) in [6.45, 7) is 2.63. The lowest BCUT2D eigenvalue weighted by Crippen LogP contribution is -2.39. The van der Waals surface area contributed by atoms with Crippen molar-refractivity contribution in [2.45, 2.75) is 30.7 Å². The summed E-state index contributed by atoms with van der Waals surface area (Å²) in [5.74, 6) is 0. The van der Waals surface area contributed by atoms with Crippen LogP contribution in [0.3, 0.4) is 0 Å². The van der Waals surface area contributed by atoms with Crippen LogP contribution in [0.15, 0.2) is 29.2 Å². The number of nitrogens with zero attached hydrogens (tertiary/aromatic N) is 1. The normalized spacial score (nSPS) is 13.7. The van der Waals surface area contributed by atoms with E-state index in [4.69, 9.17) is 5.11 Å². The monoisotopic (exact) mass is 300 g/mol. The van der Waals surface area contributed by atoms with E-state index in [-0.39, 0.29) is 17.5 Å². The molecule has 0 radical (unpaired) electrons. The third-order valence-electron chi connectivity index (χ3n) is 2.85. The van der Waals surface area contributed by atoms with E-state index >= 15 is 0 Å². The Balaban J connectivity index is 2.72. The van der Waals surface area contributed by atoms with Crippen LogP contribution in [-0.2, 0) is 16.4 Å². The quantitative estimate of drug-likeness (QED) is 0.746. The Kier molecular flexibility index (Phi) is 6.61. The van der Waals surface area contributed by atoms with E-state index in [1.165, 1.54) is 0 Å². The van der Waals surface area contributed by atoms with Crippen LogP contribution >= 0.6 is 0 Å². The number of nitrogens with one attached hydrogen (secondary N) is 1. The average molecular weight is 300 g/mol. The van der Waals surface area contributed by atoms with Gasteiger partial charge in [-0.15, -0.1) is 0 Å². The zero-order chi connectivity index (χ0) is 15.2. The lowest BCUT2D eigenvalue weighted by Gasteiger charge is -2.18. The summed E-state index contributed by atoms with van der Waals surface area (Å²) in [6, 6.07) is 6.65. The van der Waals surface area contributed by atoms with Crippen LogP contribution in [0.1, 0.15) is 18.9 Å². The Morgan fingerprint density at radius 1 is 1.25 bits per heavy atom. The van der Waals surface area contributed by atoms with E-state index in [9.17, 15) is 8.42 Å². The topological polar surface area (TPSA) is 69.6 Å². The fraction of sp³-hybridized carbons (Fsp3) is 0.571. The molecule has 0 fully saturated rings. The van der Waals surface area contributed by atoms with Crippen LogP contribution in [0.5, 0.6) is 0 Å². The van der Waals surface area contributed by atoms with E-state index in [1.54, 1.807) is 24.3 Å². The van der Waals surface area contributed by atoms with Crippen molar-refractivity contribution >= 4 is 10.0 Å². The van der Waals surface area contributed by atoms with Crippen LogP contribution in [0, 0.1) is 0 Å². The molecular formula is C14H24N2O3S. The van der Waals surface area contributed by atoms with Crippen molar-refractivity contribution < 1.29 is 13.5 Å². The van der Waals surface area contributed by atoms with Crippen LogP contribution in [-0.4, -0.2) is 51.7 Å². The average Bonchev–Trinajstić information content (AvgIpc) is 2.35. The Labute approximate surface area is 121 Å². The minimum atomic E-state index is -3.47. The molecule has 20 heavy (non-hydrogen) atoms. The Morgan fingerprint density at radius 3 is 2.35 bits per heavy atom. The maximum Gasteiger partial charge on any atom is 0.240 e. The minimum Gasteiger partial charge on any atom is -0.396 e. The molecule has 0 saturated carbocycles. The van der Waals surface area contributed by atoms with Gasteiger partial charge >= 0.3 is 0 Å². The van der Waals surface area contributed by atoms with Gasteiger partial charge in [0.25, 0.3) is 0 Å². The molecule has 1 rings (SSSR count). The largest absolute Gasteiger partial charge is 0.396 e. The first-order chi connectivity index (χ1) is 9.35. The molecule has 1 aromatic carbocycles. The molecule has 0 spiro atoms. The Morgan fingerprint density at radius 2 is 1.85 bits per heavy atom. The van der Waals surface area contributed by atoms with Crippen LogP contribution in [0.2, 0.25) is 0 Å². The van der Waals surface area contributed by atoms with Crippen molar-refractivity contribution in [1.82, 2.24) is 9.62 Å². The van der Waals surface area contributed by atoms with Gasteiger partial charge in [-0.25, -0.2) is 13.1 Å². The number of benzene rings is 1. The first-order valence-electron chi connectivity index (χ1n) is 6.72. The molecule has 0 aliphatic rings. The molecule has 0 aliphatic heterocycles. The summed E-state index contributed by atoms with van der Waals surface area (Å²) in [4.78, 5) is 2.21. The van der Waals surface area contributed by atoms with Gasteiger partial charge in [-0.1, -0.05) is 12.1 Å². The Hall–Kier alpha value is -0.950. The minimum absolute atomic E-state index is 0.143. The van der Waals surface area contributed by atoms with Crippen molar-refractivity contribution in [2.24, 2.45) is 0 Å². The van der Waals surface area contributed by atoms with E-state index in [2.05, 4.69) is 4.72 Å². The van der Waals surface area contributed by atoms with Gasteiger partial charge in [0.15, 0.2) is 0 Å². The van der Waals surface area contributed by atoms with Gasteiger partial charge in [0.2, 0.25) is 10.0 Å². The predicted octanol–water partition coefficient (Wildman–Crippen LogP) is 0.840. The number of aliphatic hydroxyl groups excluding tert-OH is 1. The van der Waals surface area contributed by atoms with Crippen molar-refractivity contribution in [3.05, 3.63) is 29.8 Å². The molecule has 1 unspecified atom stereocenters. The molecule has 114 valence electrons. The highest BCUT2D eigenvalue weighted by Crippen LogP contribution is 2.12. The van der Waals surface area contributed by atoms with Gasteiger partial charge in [-0.3, -0.25) is 0 Å². The second-order valence-electron chi connectivity index (χ2n) is 5.26.